The molecular formula is C15H23NO3. The molecule has 0 spiro atoms. The van der Waals surface area contributed by atoms with Gasteiger partial charge in [0.1, 0.15) is 5.75 Å². The average Bonchev–Trinajstić information content (AvgIpc) is 2.81. The number of hydrogen-bond donors (Lipinski definition) is 1. The maximum atomic E-state index is 6.05. The van der Waals surface area contributed by atoms with E-state index in [9.17, 15) is 0 Å². The first-order valence-electron chi connectivity index (χ1n) is 6.89. The van der Waals surface area contributed by atoms with Gasteiger partial charge in [-0.3, -0.25) is 0 Å². The number of methoxy groups -OCH3 is 1. The van der Waals surface area contributed by atoms with Gasteiger partial charge in [0.25, 0.3) is 0 Å². The van der Waals surface area contributed by atoms with Crippen LogP contribution in [0.1, 0.15) is 30.0 Å². The number of hydrogen-bond acceptors (Lipinski definition) is 4. The molecule has 0 fully saturated rings. The molecule has 0 heterocycles. The number of fused-ring (bicyclic) bond motifs is 1. The molecule has 1 unspecified atom stereocenters. The number of rotatable bonds is 8. The maximum absolute atomic E-state index is 6.05. The van der Waals surface area contributed by atoms with Gasteiger partial charge in [-0.05, 0) is 30.0 Å². The van der Waals surface area contributed by atoms with Crippen LogP contribution in [0.3, 0.4) is 0 Å². The Morgan fingerprint density at radius 3 is 2.95 bits per heavy atom. The third-order valence-electron chi connectivity index (χ3n) is 3.40. The first-order chi connectivity index (χ1) is 9.33. The lowest BCUT2D eigenvalue weighted by molar-refractivity contribution is 0.0644. The Morgan fingerprint density at radius 2 is 2.11 bits per heavy atom. The summed E-state index contributed by atoms with van der Waals surface area (Å²) < 4.78 is 16.1. The molecule has 1 aromatic rings. The van der Waals surface area contributed by atoms with Gasteiger partial charge in [-0.25, -0.2) is 0 Å². The van der Waals surface area contributed by atoms with E-state index in [-0.39, 0.29) is 6.04 Å². The number of nitrogens with two attached hydrogens (primary N) is 1. The molecule has 0 aromatic heterocycles. The molecule has 2 N–H and O–H groups in total. The molecule has 0 saturated heterocycles. The largest absolute Gasteiger partial charge is 0.493 e. The van der Waals surface area contributed by atoms with Gasteiger partial charge in [0.2, 0.25) is 0 Å². The molecule has 0 aliphatic heterocycles. The van der Waals surface area contributed by atoms with Crippen LogP contribution in [0.25, 0.3) is 0 Å². The average molecular weight is 265 g/mol. The zero-order valence-electron chi connectivity index (χ0n) is 11.6. The summed E-state index contributed by atoms with van der Waals surface area (Å²) in [7, 11) is 1.67. The first kappa shape index (κ1) is 14.3. The monoisotopic (exact) mass is 265 g/mol. The van der Waals surface area contributed by atoms with Crippen molar-refractivity contribution in [3.05, 3.63) is 29.3 Å². The fourth-order valence-corrected chi connectivity index (χ4v) is 2.38. The quantitative estimate of drug-likeness (QED) is 0.731. The lowest BCUT2D eigenvalue weighted by atomic mass is 10.1. The van der Waals surface area contributed by atoms with E-state index in [1.165, 1.54) is 11.1 Å². The second-order valence-corrected chi connectivity index (χ2v) is 4.78. The van der Waals surface area contributed by atoms with E-state index >= 15 is 0 Å². The van der Waals surface area contributed by atoms with Crippen molar-refractivity contribution in [1.82, 2.24) is 0 Å². The highest BCUT2D eigenvalue weighted by molar-refractivity contribution is 5.44. The van der Waals surface area contributed by atoms with Gasteiger partial charge in [0.05, 0.1) is 19.8 Å². The van der Waals surface area contributed by atoms with E-state index in [0.29, 0.717) is 26.4 Å². The number of ether oxygens (including phenoxy) is 3. The van der Waals surface area contributed by atoms with Crippen LogP contribution in [-0.4, -0.2) is 33.5 Å². The van der Waals surface area contributed by atoms with Crippen molar-refractivity contribution in [2.45, 2.75) is 25.3 Å². The number of benzene rings is 1. The Balaban J connectivity index is 1.72. The molecule has 1 atom stereocenters. The van der Waals surface area contributed by atoms with Crippen LogP contribution < -0.4 is 10.5 Å². The SMILES string of the molecule is COCCOCCCOc1cccc2c1CCC2N. The summed E-state index contributed by atoms with van der Waals surface area (Å²) in [5.41, 5.74) is 8.58. The minimum Gasteiger partial charge on any atom is -0.493 e. The first-order valence-corrected chi connectivity index (χ1v) is 6.89. The topological polar surface area (TPSA) is 53.7 Å². The van der Waals surface area contributed by atoms with Crippen molar-refractivity contribution < 1.29 is 14.2 Å². The molecule has 19 heavy (non-hydrogen) atoms. The Bertz CT molecular complexity index is 395. The summed E-state index contributed by atoms with van der Waals surface area (Å²) in [6, 6.07) is 6.33. The van der Waals surface area contributed by atoms with Crippen molar-refractivity contribution in [3.8, 4) is 5.75 Å². The van der Waals surface area contributed by atoms with E-state index in [2.05, 4.69) is 6.07 Å². The molecule has 1 aliphatic rings. The third-order valence-corrected chi connectivity index (χ3v) is 3.40. The Labute approximate surface area is 114 Å². The van der Waals surface area contributed by atoms with E-state index < -0.39 is 0 Å². The molecule has 0 bridgehead atoms. The maximum Gasteiger partial charge on any atom is 0.122 e. The van der Waals surface area contributed by atoms with Gasteiger partial charge in [-0.2, -0.15) is 0 Å². The zero-order chi connectivity index (χ0) is 13.5. The highest BCUT2D eigenvalue weighted by Gasteiger charge is 2.21. The van der Waals surface area contributed by atoms with Crippen LogP contribution in [0, 0.1) is 0 Å². The normalized spacial score (nSPS) is 17.5. The predicted octanol–water partition coefficient (Wildman–Crippen LogP) is 2.06. The summed E-state index contributed by atoms with van der Waals surface area (Å²) in [4.78, 5) is 0. The molecule has 4 nitrogen and oxygen atoms in total. The molecule has 0 saturated carbocycles. The van der Waals surface area contributed by atoms with Crippen molar-refractivity contribution in [2.24, 2.45) is 5.73 Å². The third kappa shape index (κ3) is 3.93. The second kappa shape index (κ2) is 7.48. The zero-order valence-corrected chi connectivity index (χ0v) is 11.6. The molecule has 4 heteroatoms. The predicted molar refractivity (Wildman–Crippen MR) is 74.5 cm³/mol. The minimum absolute atomic E-state index is 0.177. The fourth-order valence-electron chi connectivity index (χ4n) is 2.38. The van der Waals surface area contributed by atoms with Crippen molar-refractivity contribution in [3.63, 3.8) is 0 Å². The van der Waals surface area contributed by atoms with Crippen LogP contribution >= 0.6 is 0 Å². The van der Waals surface area contributed by atoms with Crippen molar-refractivity contribution >= 4 is 0 Å². The highest BCUT2D eigenvalue weighted by atomic mass is 16.5. The van der Waals surface area contributed by atoms with Gasteiger partial charge in [-0.15, -0.1) is 0 Å². The van der Waals surface area contributed by atoms with Crippen LogP contribution in [0.2, 0.25) is 0 Å². The van der Waals surface area contributed by atoms with E-state index in [0.717, 1.165) is 25.0 Å². The second-order valence-electron chi connectivity index (χ2n) is 4.78. The lowest BCUT2D eigenvalue weighted by Gasteiger charge is -2.11. The molecule has 1 aliphatic carbocycles. The Hall–Kier alpha value is -1.10. The van der Waals surface area contributed by atoms with Crippen LogP contribution in [0.15, 0.2) is 18.2 Å². The van der Waals surface area contributed by atoms with Crippen LogP contribution in [0.5, 0.6) is 5.75 Å². The van der Waals surface area contributed by atoms with E-state index in [1.807, 2.05) is 12.1 Å². The van der Waals surface area contributed by atoms with Gasteiger partial charge in [0, 0.05) is 26.2 Å². The Kier molecular flexibility index (Phi) is 5.63. The summed E-state index contributed by atoms with van der Waals surface area (Å²) in [5.74, 6) is 0.988. The van der Waals surface area contributed by atoms with Gasteiger partial charge < -0.3 is 19.9 Å². The fraction of sp³-hybridized carbons (Fsp3) is 0.600. The lowest BCUT2D eigenvalue weighted by Crippen LogP contribution is -2.08. The molecule has 0 amide bonds. The molecule has 2 rings (SSSR count). The van der Waals surface area contributed by atoms with Gasteiger partial charge in [-0.1, -0.05) is 12.1 Å². The molecular weight excluding hydrogens is 242 g/mol. The summed E-state index contributed by atoms with van der Waals surface area (Å²) in [6.45, 7) is 2.67. The molecule has 0 radical (unpaired) electrons. The summed E-state index contributed by atoms with van der Waals surface area (Å²) in [6.07, 6.45) is 2.94. The smallest absolute Gasteiger partial charge is 0.122 e. The summed E-state index contributed by atoms with van der Waals surface area (Å²) in [5, 5.41) is 0. The van der Waals surface area contributed by atoms with Crippen LogP contribution in [-0.2, 0) is 15.9 Å². The van der Waals surface area contributed by atoms with Gasteiger partial charge in [0.15, 0.2) is 0 Å². The Morgan fingerprint density at radius 1 is 1.21 bits per heavy atom. The van der Waals surface area contributed by atoms with Crippen molar-refractivity contribution in [2.75, 3.05) is 33.5 Å². The van der Waals surface area contributed by atoms with Gasteiger partial charge >= 0.3 is 0 Å². The highest BCUT2D eigenvalue weighted by Crippen LogP contribution is 2.35. The van der Waals surface area contributed by atoms with E-state index in [1.54, 1.807) is 7.11 Å². The molecule has 1 aromatic carbocycles. The van der Waals surface area contributed by atoms with E-state index in [4.69, 9.17) is 19.9 Å². The molecule has 106 valence electrons. The van der Waals surface area contributed by atoms with Crippen molar-refractivity contribution in [1.29, 1.82) is 0 Å². The van der Waals surface area contributed by atoms with Crippen LogP contribution in [0.4, 0.5) is 0 Å². The summed E-state index contributed by atoms with van der Waals surface area (Å²) >= 11 is 0. The minimum atomic E-state index is 0.177. The standard InChI is InChI=1S/C15H23NO3/c1-17-10-11-18-8-3-9-19-15-5-2-4-12-13(15)6-7-14(12)16/h2,4-5,14H,3,6-11,16H2,1H3.